The number of carbonyl (C=O) groups excluding carboxylic acids is 2. The number of nitrogens with zero attached hydrogens (tertiary/aromatic N) is 3. The summed E-state index contributed by atoms with van der Waals surface area (Å²) in [6.45, 7) is 4.07. The Bertz CT molecular complexity index is 753. The number of benzene rings is 1. The van der Waals surface area contributed by atoms with Crippen molar-refractivity contribution < 1.29 is 14.1 Å². The van der Waals surface area contributed by atoms with Gasteiger partial charge in [-0.3, -0.25) is 14.5 Å². The first kappa shape index (κ1) is 15.3. The Hall–Kier alpha value is -2.63. The molecule has 2 heterocycles. The second-order valence-corrected chi connectivity index (χ2v) is 5.76. The first-order valence-electron chi connectivity index (χ1n) is 7.67. The fourth-order valence-electron chi connectivity index (χ4n) is 2.58. The van der Waals surface area contributed by atoms with Crippen LogP contribution in [-0.2, 0) is 4.79 Å². The highest BCUT2D eigenvalue weighted by molar-refractivity contribution is 6.14. The zero-order chi connectivity index (χ0) is 16.6. The van der Waals surface area contributed by atoms with Crippen LogP contribution in [0, 0.1) is 0 Å². The fraction of sp³-hybridized carbons (Fsp3) is 0.353. The van der Waals surface area contributed by atoms with Crippen LogP contribution in [-0.4, -0.2) is 30.6 Å². The van der Waals surface area contributed by atoms with Crippen LogP contribution in [0.1, 0.15) is 42.4 Å². The summed E-state index contributed by atoms with van der Waals surface area (Å²) in [5.41, 5.74) is 2.16. The Balaban J connectivity index is 1.95. The van der Waals surface area contributed by atoms with Crippen LogP contribution in [0.25, 0.3) is 0 Å². The van der Waals surface area contributed by atoms with E-state index in [0.717, 1.165) is 12.1 Å². The van der Waals surface area contributed by atoms with Gasteiger partial charge >= 0.3 is 0 Å². The van der Waals surface area contributed by atoms with E-state index in [2.05, 4.69) is 12.1 Å². The largest absolute Gasteiger partial charge is 0.351 e. The number of rotatable bonds is 3. The van der Waals surface area contributed by atoms with Crippen LogP contribution in [0.2, 0.25) is 0 Å². The molecule has 0 N–H and O–H groups in total. The molecule has 0 bridgehead atoms. The molecule has 1 aliphatic heterocycles. The van der Waals surface area contributed by atoms with Crippen molar-refractivity contribution >= 4 is 23.2 Å². The van der Waals surface area contributed by atoms with E-state index in [0.29, 0.717) is 11.4 Å². The van der Waals surface area contributed by atoms with E-state index >= 15 is 0 Å². The molecule has 1 atom stereocenters. The highest BCUT2D eigenvalue weighted by Gasteiger charge is 2.32. The Morgan fingerprint density at radius 1 is 1.35 bits per heavy atom. The van der Waals surface area contributed by atoms with Crippen LogP contribution in [0.15, 0.2) is 34.9 Å². The van der Waals surface area contributed by atoms with Gasteiger partial charge in [0.15, 0.2) is 0 Å². The second-order valence-electron chi connectivity index (χ2n) is 5.76. The van der Waals surface area contributed by atoms with Gasteiger partial charge < -0.3 is 9.42 Å². The Labute approximate surface area is 134 Å². The molecular formula is C17H19N3O3. The minimum absolute atomic E-state index is 0.00822. The molecule has 6 heteroatoms. The smallest absolute Gasteiger partial charge is 0.297 e. The van der Waals surface area contributed by atoms with Gasteiger partial charge in [-0.2, -0.15) is 0 Å². The van der Waals surface area contributed by atoms with Gasteiger partial charge in [-0.15, -0.1) is 0 Å². The maximum Gasteiger partial charge on any atom is 0.297 e. The second kappa shape index (κ2) is 5.87. The van der Waals surface area contributed by atoms with Crippen molar-refractivity contribution in [2.75, 3.05) is 23.4 Å². The molecular weight excluding hydrogens is 294 g/mol. The van der Waals surface area contributed by atoms with E-state index in [9.17, 15) is 9.59 Å². The number of fused-ring (bicyclic) bond motifs is 1. The zero-order valence-electron chi connectivity index (χ0n) is 13.4. The maximum atomic E-state index is 12.8. The molecule has 2 amide bonds. The Morgan fingerprint density at radius 3 is 2.74 bits per heavy atom. The summed E-state index contributed by atoms with van der Waals surface area (Å²) < 4.78 is 5.21. The molecule has 0 saturated carbocycles. The highest BCUT2D eigenvalue weighted by Crippen LogP contribution is 2.33. The minimum Gasteiger partial charge on any atom is -0.351 e. The van der Waals surface area contributed by atoms with Crippen molar-refractivity contribution in [1.82, 2.24) is 5.16 Å². The van der Waals surface area contributed by atoms with Crippen molar-refractivity contribution in [3.05, 3.63) is 41.8 Å². The molecule has 6 nitrogen and oxygen atoms in total. The molecule has 120 valence electrons. The molecule has 23 heavy (non-hydrogen) atoms. The number of hydrogen-bond acceptors (Lipinski definition) is 4. The highest BCUT2D eigenvalue weighted by atomic mass is 16.5. The van der Waals surface area contributed by atoms with Crippen molar-refractivity contribution in [3.8, 4) is 0 Å². The first-order chi connectivity index (χ1) is 11.0. The van der Waals surface area contributed by atoms with E-state index in [4.69, 9.17) is 4.52 Å². The lowest BCUT2D eigenvalue weighted by atomic mass is 10.1. The molecule has 0 fully saturated rings. The monoisotopic (exact) mass is 313 g/mol. The van der Waals surface area contributed by atoms with Gasteiger partial charge in [-0.05, 0) is 18.6 Å². The summed E-state index contributed by atoms with van der Waals surface area (Å²) in [5, 5.41) is 3.97. The topological polar surface area (TPSA) is 66.7 Å². The van der Waals surface area contributed by atoms with Crippen molar-refractivity contribution in [2.24, 2.45) is 0 Å². The Morgan fingerprint density at radius 2 is 2.04 bits per heavy atom. The first-order valence-corrected chi connectivity index (χ1v) is 7.67. The summed E-state index contributed by atoms with van der Waals surface area (Å²) in [5.74, 6) is -0.103. The van der Waals surface area contributed by atoms with Gasteiger partial charge in [0.05, 0.1) is 17.1 Å². The van der Waals surface area contributed by atoms with Crippen LogP contribution in [0.3, 0.4) is 0 Å². The normalized spacial score (nSPS) is 15.5. The number of likely N-dealkylation sites (N-methyl/N-ethyl adjacent to an activating group) is 1. The third-order valence-corrected chi connectivity index (χ3v) is 4.30. The molecule has 3 rings (SSSR count). The minimum atomic E-state index is -0.346. The number of amides is 2. The quantitative estimate of drug-likeness (QED) is 0.874. The van der Waals surface area contributed by atoms with E-state index in [1.54, 1.807) is 18.0 Å². The van der Waals surface area contributed by atoms with Crippen LogP contribution >= 0.6 is 0 Å². The Kier molecular flexibility index (Phi) is 3.90. The number of para-hydroxylation sites is 2. The van der Waals surface area contributed by atoms with Crippen LogP contribution in [0.4, 0.5) is 11.4 Å². The molecule has 2 aromatic rings. The third kappa shape index (κ3) is 2.60. The number of aromatic nitrogens is 1. The lowest BCUT2D eigenvalue weighted by Gasteiger charge is -2.33. The number of carbonyl (C=O) groups is 2. The predicted molar refractivity (Wildman–Crippen MR) is 86.7 cm³/mol. The third-order valence-electron chi connectivity index (χ3n) is 4.30. The van der Waals surface area contributed by atoms with Gasteiger partial charge in [-0.25, -0.2) is 0 Å². The lowest BCUT2D eigenvalue weighted by Crippen LogP contribution is -2.46. The van der Waals surface area contributed by atoms with Gasteiger partial charge in [0.25, 0.3) is 5.91 Å². The standard InChI is InChI=1S/C17H19N3O3/c1-4-11(2)12-9-15(23-18-12)17(22)20-10-16(21)19(3)13-7-5-6-8-14(13)20/h5-9,11H,4,10H2,1-3H3/t11-/m0/s1. The van der Waals surface area contributed by atoms with Gasteiger partial charge in [-0.1, -0.05) is 31.1 Å². The van der Waals surface area contributed by atoms with Crippen molar-refractivity contribution in [1.29, 1.82) is 0 Å². The van der Waals surface area contributed by atoms with Crippen molar-refractivity contribution in [3.63, 3.8) is 0 Å². The predicted octanol–water partition coefficient (Wildman–Crippen LogP) is 2.81. The molecule has 0 unspecified atom stereocenters. The zero-order valence-corrected chi connectivity index (χ0v) is 13.4. The molecule has 0 aliphatic carbocycles. The van der Waals surface area contributed by atoms with Gasteiger partial charge in [0.2, 0.25) is 11.7 Å². The van der Waals surface area contributed by atoms with Crippen molar-refractivity contribution in [2.45, 2.75) is 26.2 Å². The van der Waals surface area contributed by atoms with E-state index < -0.39 is 0 Å². The summed E-state index contributed by atoms with van der Waals surface area (Å²) in [7, 11) is 1.71. The van der Waals surface area contributed by atoms with Gasteiger partial charge in [0.1, 0.15) is 6.54 Å². The van der Waals surface area contributed by atoms with E-state index in [-0.39, 0.29) is 30.0 Å². The SMILES string of the molecule is CC[C@H](C)c1cc(C(=O)N2CC(=O)N(C)c3ccccc32)on1. The molecule has 0 radical (unpaired) electrons. The lowest BCUT2D eigenvalue weighted by molar-refractivity contribution is -0.117. The fourth-order valence-corrected chi connectivity index (χ4v) is 2.58. The molecule has 1 aromatic carbocycles. The maximum absolute atomic E-state index is 12.8. The average molecular weight is 313 g/mol. The molecule has 0 spiro atoms. The molecule has 0 saturated heterocycles. The summed E-state index contributed by atoms with van der Waals surface area (Å²) in [6, 6.07) is 8.99. The van der Waals surface area contributed by atoms with E-state index in [1.807, 2.05) is 31.2 Å². The van der Waals surface area contributed by atoms with Crippen LogP contribution < -0.4 is 9.80 Å². The summed E-state index contributed by atoms with van der Waals surface area (Å²) in [6.07, 6.45) is 0.913. The number of anilines is 2. The van der Waals surface area contributed by atoms with Gasteiger partial charge in [0, 0.05) is 19.0 Å². The molecule has 1 aromatic heterocycles. The number of hydrogen-bond donors (Lipinski definition) is 0. The molecule has 1 aliphatic rings. The van der Waals surface area contributed by atoms with Crippen LogP contribution in [0.5, 0.6) is 0 Å². The van der Waals surface area contributed by atoms with E-state index in [1.165, 1.54) is 4.90 Å². The summed E-state index contributed by atoms with van der Waals surface area (Å²) >= 11 is 0. The average Bonchev–Trinajstić information content (AvgIpc) is 3.07. The summed E-state index contributed by atoms with van der Waals surface area (Å²) in [4.78, 5) is 27.9.